The van der Waals surface area contributed by atoms with Gasteiger partial charge in [-0.2, -0.15) is 0 Å². The molecule has 0 radical (unpaired) electrons. The summed E-state index contributed by atoms with van der Waals surface area (Å²) in [5, 5.41) is 13.6. The number of carboxylic acids is 1. The molecule has 0 aromatic heterocycles. The van der Waals surface area contributed by atoms with E-state index in [9.17, 15) is 18.8 Å². The van der Waals surface area contributed by atoms with Crippen molar-refractivity contribution in [2.45, 2.75) is 32.9 Å². The van der Waals surface area contributed by atoms with Gasteiger partial charge in [-0.1, -0.05) is 13.8 Å². The summed E-state index contributed by atoms with van der Waals surface area (Å²) in [6.45, 7) is 4.78. The molecule has 0 spiro atoms. The van der Waals surface area contributed by atoms with Gasteiger partial charge < -0.3 is 15.7 Å². The van der Waals surface area contributed by atoms with Crippen LogP contribution in [0.2, 0.25) is 0 Å². The third kappa shape index (κ3) is 4.83. The summed E-state index contributed by atoms with van der Waals surface area (Å²) in [5.74, 6) is -2.99. The third-order valence-corrected chi connectivity index (χ3v) is 3.07. The Bertz CT molecular complexity index is 557. The Kier molecular flexibility index (Phi) is 6.03. The van der Waals surface area contributed by atoms with Crippen LogP contribution in [0.4, 0.5) is 4.39 Å². The van der Waals surface area contributed by atoms with Crippen molar-refractivity contribution in [3.8, 4) is 0 Å². The SMILES string of the molecule is CC(C)C(NC(=O)c1ccc(F)cc1)C(=O)N[C@H](C)C(=O)O. The van der Waals surface area contributed by atoms with Crippen LogP contribution in [0.5, 0.6) is 0 Å². The highest BCUT2D eigenvalue weighted by molar-refractivity contribution is 5.98. The van der Waals surface area contributed by atoms with Crippen molar-refractivity contribution in [1.29, 1.82) is 0 Å². The lowest BCUT2D eigenvalue weighted by atomic mass is 10.0. The van der Waals surface area contributed by atoms with Crippen molar-refractivity contribution in [3.63, 3.8) is 0 Å². The number of hydrogen-bond acceptors (Lipinski definition) is 3. The van der Waals surface area contributed by atoms with Crippen molar-refractivity contribution in [1.82, 2.24) is 10.6 Å². The molecule has 6 nitrogen and oxygen atoms in total. The second-order valence-electron chi connectivity index (χ2n) is 5.27. The fourth-order valence-corrected chi connectivity index (χ4v) is 1.73. The molecule has 1 rings (SSSR count). The number of nitrogens with one attached hydrogen (secondary N) is 2. The van der Waals surface area contributed by atoms with Crippen molar-refractivity contribution in [3.05, 3.63) is 35.6 Å². The van der Waals surface area contributed by atoms with Crippen molar-refractivity contribution in [2.24, 2.45) is 5.92 Å². The lowest BCUT2D eigenvalue weighted by molar-refractivity contribution is -0.141. The molecule has 1 aromatic carbocycles. The molecule has 2 atom stereocenters. The first-order valence-corrected chi connectivity index (χ1v) is 6.82. The first-order valence-electron chi connectivity index (χ1n) is 6.82. The van der Waals surface area contributed by atoms with Gasteiger partial charge in [0.2, 0.25) is 5.91 Å². The normalized spacial score (nSPS) is 13.3. The van der Waals surface area contributed by atoms with Crippen LogP contribution in [0.3, 0.4) is 0 Å². The molecule has 120 valence electrons. The van der Waals surface area contributed by atoms with Crippen LogP contribution >= 0.6 is 0 Å². The second-order valence-corrected chi connectivity index (χ2v) is 5.27. The van der Waals surface area contributed by atoms with Crippen LogP contribution in [0.25, 0.3) is 0 Å². The van der Waals surface area contributed by atoms with E-state index < -0.39 is 35.7 Å². The minimum absolute atomic E-state index is 0.214. The predicted octanol–water partition coefficient (Wildman–Crippen LogP) is 1.17. The van der Waals surface area contributed by atoms with E-state index in [0.717, 1.165) is 12.1 Å². The fraction of sp³-hybridized carbons (Fsp3) is 0.400. The maximum atomic E-state index is 12.8. The number of carbonyl (C=O) groups is 3. The van der Waals surface area contributed by atoms with Crippen LogP contribution in [0, 0.1) is 11.7 Å². The van der Waals surface area contributed by atoms with Gasteiger partial charge in [0.15, 0.2) is 0 Å². The van der Waals surface area contributed by atoms with E-state index in [-0.39, 0.29) is 11.5 Å². The van der Waals surface area contributed by atoms with Crippen LogP contribution in [-0.4, -0.2) is 35.0 Å². The Morgan fingerprint density at radius 2 is 1.59 bits per heavy atom. The van der Waals surface area contributed by atoms with Gasteiger partial charge in [-0.15, -0.1) is 0 Å². The summed E-state index contributed by atoms with van der Waals surface area (Å²) < 4.78 is 12.8. The number of carboxylic acid groups (broad SMARTS) is 1. The molecule has 0 saturated carbocycles. The fourth-order valence-electron chi connectivity index (χ4n) is 1.73. The maximum absolute atomic E-state index is 12.8. The van der Waals surface area contributed by atoms with Gasteiger partial charge in [-0.05, 0) is 37.1 Å². The van der Waals surface area contributed by atoms with E-state index in [1.807, 2.05) is 0 Å². The number of halogens is 1. The number of hydrogen-bond donors (Lipinski definition) is 3. The number of aliphatic carboxylic acids is 1. The average molecular weight is 310 g/mol. The summed E-state index contributed by atoms with van der Waals surface area (Å²) in [7, 11) is 0. The number of carbonyl (C=O) groups excluding carboxylic acids is 2. The van der Waals surface area contributed by atoms with E-state index in [2.05, 4.69) is 10.6 Å². The van der Waals surface area contributed by atoms with Crippen LogP contribution < -0.4 is 10.6 Å². The molecule has 2 amide bonds. The highest BCUT2D eigenvalue weighted by Crippen LogP contribution is 2.07. The maximum Gasteiger partial charge on any atom is 0.325 e. The molecule has 1 unspecified atom stereocenters. The smallest absolute Gasteiger partial charge is 0.325 e. The first kappa shape index (κ1) is 17.6. The van der Waals surface area contributed by atoms with Crippen molar-refractivity contribution in [2.75, 3.05) is 0 Å². The van der Waals surface area contributed by atoms with Gasteiger partial charge in [-0.25, -0.2) is 4.39 Å². The molecule has 0 aliphatic carbocycles. The van der Waals surface area contributed by atoms with Crippen LogP contribution in [0.1, 0.15) is 31.1 Å². The summed E-state index contributed by atoms with van der Waals surface area (Å²) in [6, 6.07) is 2.95. The molecule has 0 aliphatic rings. The standard InChI is InChI=1S/C15H19FN2O4/c1-8(2)12(14(20)17-9(3)15(21)22)18-13(19)10-4-6-11(16)7-5-10/h4-9,12H,1-3H3,(H,17,20)(H,18,19)(H,21,22)/t9-,12?/m1/s1. The molecule has 0 fully saturated rings. The average Bonchev–Trinajstić information content (AvgIpc) is 2.44. The first-order chi connectivity index (χ1) is 10.2. The molecule has 22 heavy (non-hydrogen) atoms. The van der Waals surface area contributed by atoms with E-state index in [0.29, 0.717) is 0 Å². The summed E-state index contributed by atoms with van der Waals surface area (Å²) in [6.07, 6.45) is 0. The molecule has 0 bridgehead atoms. The molecule has 7 heteroatoms. The molecule has 3 N–H and O–H groups in total. The minimum atomic E-state index is -1.17. The lowest BCUT2D eigenvalue weighted by Crippen LogP contribution is -2.53. The lowest BCUT2D eigenvalue weighted by Gasteiger charge is -2.23. The molecular formula is C15H19FN2O4. The Morgan fingerprint density at radius 1 is 1.05 bits per heavy atom. The molecule has 0 heterocycles. The summed E-state index contributed by atoms with van der Waals surface area (Å²) >= 11 is 0. The zero-order valence-corrected chi connectivity index (χ0v) is 12.6. The van der Waals surface area contributed by atoms with E-state index in [4.69, 9.17) is 5.11 Å². The van der Waals surface area contributed by atoms with Gasteiger partial charge in [0, 0.05) is 5.56 Å². The summed E-state index contributed by atoms with van der Waals surface area (Å²) in [4.78, 5) is 34.9. The highest BCUT2D eigenvalue weighted by Gasteiger charge is 2.27. The predicted molar refractivity (Wildman–Crippen MR) is 77.7 cm³/mol. The molecule has 0 aliphatic heterocycles. The number of amides is 2. The van der Waals surface area contributed by atoms with Gasteiger partial charge in [-0.3, -0.25) is 14.4 Å². The summed E-state index contributed by atoms with van der Waals surface area (Å²) in [5.41, 5.74) is 0.214. The minimum Gasteiger partial charge on any atom is -0.480 e. The van der Waals surface area contributed by atoms with E-state index in [1.54, 1.807) is 13.8 Å². The van der Waals surface area contributed by atoms with Gasteiger partial charge >= 0.3 is 5.97 Å². The largest absolute Gasteiger partial charge is 0.480 e. The quantitative estimate of drug-likeness (QED) is 0.735. The molecule has 1 aromatic rings. The molecule has 0 saturated heterocycles. The van der Waals surface area contributed by atoms with E-state index >= 15 is 0 Å². The Hall–Kier alpha value is -2.44. The van der Waals surface area contributed by atoms with Crippen molar-refractivity contribution < 1.29 is 23.9 Å². The zero-order chi connectivity index (χ0) is 16.9. The Labute approximate surface area is 127 Å². The highest BCUT2D eigenvalue weighted by atomic mass is 19.1. The number of benzene rings is 1. The van der Waals surface area contributed by atoms with Crippen LogP contribution in [0.15, 0.2) is 24.3 Å². The van der Waals surface area contributed by atoms with Crippen molar-refractivity contribution >= 4 is 17.8 Å². The van der Waals surface area contributed by atoms with Gasteiger partial charge in [0.25, 0.3) is 5.91 Å². The van der Waals surface area contributed by atoms with E-state index in [1.165, 1.54) is 19.1 Å². The van der Waals surface area contributed by atoms with Gasteiger partial charge in [0.05, 0.1) is 0 Å². The Morgan fingerprint density at radius 3 is 2.05 bits per heavy atom. The topological polar surface area (TPSA) is 95.5 Å². The monoisotopic (exact) mass is 310 g/mol. The van der Waals surface area contributed by atoms with Crippen LogP contribution in [-0.2, 0) is 9.59 Å². The molecular weight excluding hydrogens is 291 g/mol. The zero-order valence-electron chi connectivity index (χ0n) is 12.6. The second kappa shape index (κ2) is 7.53. The number of rotatable bonds is 6. The third-order valence-electron chi connectivity index (χ3n) is 3.07. The van der Waals surface area contributed by atoms with Gasteiger partial charge in [0.1, 0.15) is 17.9 Å². The Balaban J connectivity index is 2.79.